The molecule has 3 aromatic rings. The van der Waals surface area contributed by atoms with Crippen molar-refractivity contribution in [2.24, 2.45) is 0 Å². The van der Waals surface area contributed by atoms with E-state index in [9.17, 15) is 4.79 Å². The van der Waals surface area contributed by atoms with E-state index in [2.05, 4.69) is 15.6 Å². The minimum Gasteiger partial charge on any atom is -0.468 e. The van der Waals surface area contributed by atoms with Crippen LogP contribution in [0.25, 0.3) is 0 Å². The largest absolute Gasteiger partial charge is 0.468 e. The molecular weight excluding hydrogens is 330 g/mol. The summed E-state index contributed by atoms with van der Waals surface area (Å²) in [4.78, 5) is 14.6. The molecule has 0 aliphatic carbocycles. The van der Waals surface area contributed by atoms with Crippen LogP contribution >= 0.6 is 0 Å². The van der Waals surface area contributed by atoms with Crippen LogP contribution < -0.4 is 5.32 Å². The van der Waals surface area contributed by atoms with Crippen LogP contribution in [0.15, 0.2) is 53.1 Å². The molecule has 3 rings (SSSR count). The first-order valence-electron chi connectivity index (χ1n) is 8.48. The van der Waals surface area contributed by atoms with Gasteiger partial charge in [0.1, 0.15) is 5.76 Å². The number of nitrogens with one attached hydrogen (secondary N) is 1. The van der Waals surface area contributed by atoms with Gasteiger partial charge in [0, 0.05) is 6.54 Å². The summed E-state index contributed by atoms with van der Waals surface area (Å²) in [7, 11) is 3.89. The number of carbonyl (C=O) groups excluding carboxylic acids is 1. The van der Waals surface area contributed by atoms with Crippen LogP contribution in [-0.2, 0) is 6.54 Å². The molecule has 26 heavy (non-hydrogen) atoms. The zero-order chi connectivity index (χ0) is 18.5. The molecule has 7 nitrogen and oxygen atoms in total. The summed E-state index contributed by atoms with van der Waals surface area (Å²) in [6.07, 6.45) is 1.63. The predicted molar refractivity (Wildman–Crippen MR) is 97.8 cm³/mol. The van der Waals surface area contributed by atoms with Crippen molar-refractivity contribution in [3.63, 3.8) is 0 Å². The van der Waals surface area contributed by atoms with Crippen molar-refractivity contribution in [1.82, 2.24) is 25.2 Å². The number of rotatable bonds is 7. The summed E-state index contributed by atoms with van der Waals surface area (Å²) in [6, 6.07) is 13.7. The van der Waals surface area contributed by atoms with Crippen LogP contribution in [-0.4, -0.2) is 46.4 Å². The highest BCUT2D eigenvalue weighted by Gasteiger charge is 2.21. The maximum absolute atomic E-state index is 12.6. The first kappa shape index (κ1) is 17.9. The Kier molecular flexibility index (Phi) is 5.48. The molecule has 2 aromatic heterocycles. The number of hydrogen-bond donors (Lipinski definition) is 1. The summed E-state index contributed by atoms with van der Waals surface area (Å²) >= 11 is 0. The van der Waals surface area contributed by atoms with Crippen LogP contribution in [0.4, 0.5) is 0 Å². The Morgan fingerprint density at radius 3 is 2.65 bits per heavy atom. The van der Waals surface area contributed by atoms with E-state index in [-0.39, 0.29) is 11.9 Å². The summed E-state index contributed by atoms with van der Waals surface area (Å²) in [5, 5.41) is 11.1. The number of likely N-dealkylation sites (N-methyl/N-ethyl adjacent to an activating group) is 1. The number of hydrogen-bond acceptors (Lipinski definition) is 5. The van der Waals surface area contributed by atoms with Gasteiger partial charge in [-0.05, 0) is 38.7 Å². The molecule has 0 radical (unpaired) electrons. The van der Waals surface area contributed by atoms with Crippen molar-refractivity contribution in [2.75, 3.05) is 20.6 Å². The van der Waals surface area contributed by atoms with Crippen molar-refractivity contribution < 1.29 is 9.21 Å². The predicted octanol–water partition coefficient (Wildman–Crippen LogP) is 2.26. The van der Waals surface area contributed by atoms with E-state index in [0.717, 1.165) is 17.0 Å². The van der Waals surface area contributed by atoms with Crippen LogP contribution in [0.1, 0.15) is 33.5 Å². The molecule has 7 heteroatoms. The van der Waals surface area contributed by atoms with Crippen LogP contribution in [0, 0.1) is 6.92 Å². The normalized spacial score (nSPS) is 12.3. The highest BCUT2D eigenvalue weighted by Crippen LogP contribution is 2.18. The topological polar surface area (TPSA) is 76.2 Å². The fourth-order valence-electron chi connectivity index (χ4n) is 2.77. The third-order valence-electron chi connectivity index (χ3n) is 4.32. The highest BCUT2D eigenvalue weighted by atomic mass is 16.3. The fraction of sp³-hybridized carbons (Fsp3) is 0.316. The maximum atomic E-state index is 12.6. The molecule has 1 atom stereocenters. The molecular formula is C19H23N5O2. The van der Waals surface area contributed by atoms with Crippen LogP contribution in [0.2, 0.25) is 0 Å². The summed E-state index contributed by atoms with van der Waals surface area (Å²) in [5.74, 6) is 0.569. The minimum absolute atomic E-state index is 0.0476. The summed E-state index contributed by atoms with van der Waals surface area (Å²) in [6.45, 7) is 2.86. The highest BCUT2D eigenvalue weighted by molar-refractivity contribution is 5.93. The van der Waals surface area contributed by atoms with E-state index < -0.39 is 0 Å². The second-order valence-electron chi connectivity index (χ2n) is 6.37. The van der Waals surface area contributed by atoms with Gasteiger partial charge in [0.2, 0.25) is 0 Å². The van der Waals surface area contributed by atoms with Crippen molar-refractivity contribution >= 4 is 5.91 Å². The Morgan fingerprint density at radius 2 is 2.00 bits per heavy atom. The quantitative estimate of drug-likeness (QED) is 0.705. The molecule has 0 saturated heterocycles. The molecule has 0 fully saturated rings. The monoisotopic (exact) mass is 353 g/mol. The van der Waals surface area contributed by atoms with Gasteiger partial charge in [0.15, 0.2) is 5.69 Å². The van der Waals surface area contributed by atoms with Crippen LogP contribution in [0.5, 0.6) is 0 Å². The lowest BCUT2D eigenvalue weighted by atomic mass is 10.2. The molecule has 1 unspecified atom stereocenters. The molecule has 1 N–H and O–H groups in total. The lowest BCUT2D eigenvalue weighted by molar-refractivity contribution is 0.0933. The van der Waals surface area contributed by atoms with E-state index in [0.29, 0.717) is 18.8 Å². The number of benzene rings is 1. The van der Waals surface area contributed by atoms with Gasteiger partial charge in [-0.2, -0.15) is 0 Å². The Bertz CT molecular complexity index is 840. The molecule has 1 amide bonds. The molecule has 0 bridgehead atoms. The molecule has 136 valence electrons. The number of nitrogens with zero attached hydrogens (tertiary/aromatic N) is 4. The Hall–Kier alpha value is -2.93. The smallest absolute Gasteiger partial charge is 0.273 e. The average molecular weight is 353 g/mol. The van der Waals surface area contributed by atoms with Gasteiger partial charge >= 0.3 is 0 Å². The van der Waals surface area contributed by atoms with Gasteiger partial charge in [-0.15, -0.1) is 5.10 Å². The van der Waals surface area contributed by atoms with Gasteiger partial charge in [0.05, 0.1) is 24.5 Å². The van der Waals surface area contributed by atoms with Crippen molar-refractivity contribution in [3.8, 4) is 0 Å². The van der Waals surface area contributed by atoms with Gasteiger partial charge in [-0.3, -0.25) is 9.69 Å². The van der Waals surface area contributed by atoms with Crippen molar-refractivity contribution in [1.29, 1.82) is 0 Å². The minimum atomic E-state index is -0.236. The molecule has 0 saturated carbocycles. The zero-order valence-electron chi connectivity index (χ0n) is 15.2. The second kappa shape index (κ2) is 7.97. The van der Waals surface area contributed by atoms with Crippen molar-refractivity contribution in [2.45, 2.75) is 19.5 Å². The Labute approximate surface area is 152 Å². The number of aromatic nitrogens is 3. The van der Waals surface area contributed by atoms with Gasteiger partial charge < -0.3 is 9.73 Å². The summed E-state index contributed by atoms with van der Waals surface area (Å²) < 4.78 is 7.20. The Morgan fingerprint density at radius 1 is 1.23 bits per heavy atom. The first-order chi connectivity index (χ1) is 12.6. The van der Waals surface area contributed by atoms with Crippen LogP contribution in [0.3, 0.4) is 0 Å². The molecule has 0 spiro atoms. The maximum Gasteiger partial charge on any atom is 0.273 e. The molecule has 0 aliphatic heterocycles. The lowest BCUT2D eigenvalue weighted by Crippen LogP contribution is -2.34. The number of carbonyl (C=O) groups is 1. The third kappa shape index (κ3) is 4.00. The number of amides is 1. The standard InChI is InChI=1S/C19H23N5O2/c1-14-18(21-22-24(14)13-15-8-5-4-6-9-15)19(25)20-12-16(23(2)3)17-10-7-11-26-17/h4-11,16H,12-13H2,1-3H3,(H,20,25). The van der Waals surface area contributed by atoms with Crippen molar-refractivity contribution in [3.05, 3.63) is 71.4 Å². The third-order valence-corrected chi connectivity index (χ3v) is 4.32. The fourth-order valence-corrected chi connectivity index (χ4v) is 2.77. The van der Waals surface area contributed by atoms with E-state index in [1.54, 1.807) is 10.9 Å². The number of furan rings is 1. The van der Waals surface area contributed by atoms with E-state index in [1.807, 2.05) is 68.4 Å². The van der Waals surface area contributed by atoms with E-state index >= 15 is 0 Å². The first-order valence-corrected chi connectivity index (χ1v) is 8.48. The molecule has 0 aliphatic rings. The lowest BCUT2D eigenvalue weighted by Gasteiger charge is -2.22. The average Bonchev–Trinajstić information content (AvgIpc) is 3.27. The van der Waals surface area contributed by atoms with Gasteiger partial charge in [-0.25, -0.2) is 4.68 Å². The van der Waals surface area contributed by atoms with Gasteiger partial charge in [-0.1, -0.05) is 35.5 Å². The zero-order valence-corrected chi connectivity index (χ0v) is 15.2. The van der Waals surface area contributed by atoms with E-state index in [4.69, 9.17) is 4.42 Å². The second-order valence-corrected chi connectivity index (χ2v) is 6.37. The van der Waals surface area contributed by atoms with E-state index in [1.165, 1.54) is 0 Å². The Balaban J connectivity index is 1.66. The summed E-state index contributed by atoms with van der Waals surface area (Å²) in [5.41, 5.74) is 2.20. The SMILES string of the molecule is Cc1c(C(=O)NCC(c2ccco2)N(C)C)nnn1Cc1ccccc1. The van der Waals surface area contributed by atoms with Gasteiger partial charge in [0.25, 0.3) is 5.91 Å². The molecule has 2 heterocycles. The molecule has 1 aromatic carbocycles.